The molecule has 0 atom stereocenters. The van der Waals surface area contributed by atoms with E-state index in [4.69, 9.17) is 0 Å². The molecule has 0 radical (unpaired) electrons. The van der Waals surface area contributed by atoms with Crippen molar-refractivity contribution in [3.05, 3.63) is 29.8 Å². The summed E-state index contributed by atoms with van der Waals surface area (Å²) in [6.45, 7) is 0. The Morgan fingerprint density at radius 2 is 1.42 bits per heavy atom. The number of alkyl halides is 3. The molecule has 0 nitrogen and oxygen atoms in total. The molecule has 0 aliphatic heterocycles. The first-order valence-electron chi connectivity index (χ1n) is 2.99. The first kappa shape index (κ1) is 11.9. The van der Waals surface area contributed by atoms with Gasteiger partial charge in [-0.05, 0) is 0 Å². The van der Waals surface area contributed by atoms with Crippen molar-refractivity contribution >= 4 is 4.16 Å². The average molecular weight is 246 g/mol. The molecule has 0 unspecified atom stereocenters. The number of benzene rings is 1. The second kappa shape index (κ2) is 4.24. The molecule has 0 saturated carbocycles. The van der Waals surface area contributed by atoms with Gasteiger partial charge >= 0.3 is 71.6 Å². The molecule has 0 bridgehead atoms. The molecular weight excluding hydrogens is 242 g/mol. The molecule has 12 heavy (non-hydrogen) atoms. The summed E-state index contributed by atoms with van der Waals surface area (Å²) < 4.78 is 36.7. The van der Waals surface area contributed by atoms with Crippen LogP contribution in [0, 0.1) is 0 Å². The number of hydrogen-bond acceptors (Lipinski definition) is 0. The van der Waals surface area contributed by atoms with Crippen LogP contribution in [0.2, 0.25) is 0 Å². The minimum atomic E-state index is -4.20. The molecule has 0 N–H and O–H groups in total. The number of halogens is 4. The summed E-state index contributed by atoms with van der Waals surface area (Å²) in [7, 11) is 0. The fourth-order valence-electron chi connectivity index (χ4n) is 0.694. The van der Waals surface area contributed by atoms with Gasteiger partial charge in [0.05, 0.1) is 0 Å². The van der Waals surface area contributed by atoms with Crippen molar-refractivity contribution in [1.29, 1.82) is 0 Å². The van der Waals surface area contributed by atoms with E-state index in [1.165, 1.54) is 12.1 Å². The average Bonchev–Trinajstić information content (AvgIpc) is 1.86. The molecule has 0 amide bonds. The Labute approximate surface area is 84.2 Å². The molecule has 0 aliphatic rings. The van der Waals surface area contributed by atoms with Crippen LogP contribution in [0.5, 0.6) is 0 Å². The van der Waals surface area contributed by atoms with Crippen LogP contribution in [0.15, 0.2) is 24.3 Å². The van der Waals surface area contributed by atoms with Gasteiger partial charge in [-0.25, -0.2) is 0 Å². The van der Waals surface area contributed by atoms with E-state index >= 15 is 0 Å². The Morgan fingerprint density at radius 3 is 1.75 bits per heavy atom. The first-order chi connectivity index (χ1) is 5.00. The minimum Gasteiger partial charge on any atom is -1.00 e. The molecule has 0 aromatic heterocycles. The van der Waals surface area contributed by atoms with E-state index < -0.39 is 11.7 Å². The van der Waals surface area contributed by atoms with Crippen molar-refractivity contribution in [2.24, 2.45) is 0 Å². The van der Waals surface area contributed by atoms with Gasteiger partial charge in [0, 0.05) is 0 Å². The molecule has 62 valence electrons. The van der Waals surface area contributed by atoms with Gasteiger partial charge in [-0.1, -0.05) is 0 Å². The van der Waals surface area contributed by atoms with Gasteiger partial charge in [-0.3, -0.25) is 0 Å². The Hall–Kier alpha value is -0.0766. The molecule has 1 aromatic carbocycles. The van der Waals surface area contributed by atoms with Gasteiger partial charge in [0.15, 0.2) is 0 Å². The molecule has 0 fully saturated rings. The molecular formula is C7H4ClF3Zn. The standard InChI is InChI=1S/C7H4F3.ClH.Zn/c8-7(9,10)6-4-2-1-3-5-6;;/h2-5H;1H;/q;;+1/p-1. The van der Waals surface area contributed by atoms with Gasteiger partial charge in [-0.2, -0.15) is 0 Å². The zero-order chi connectivity index (χ0) is 8.48. The molecule has 1 aromatic rings. The van der Waals surface area contributed by atoms with Crippen LogP contribution in [-0.4, -0.2) is 0 Å². The van der Waals surface area contributed by atoms with Crippen molar-refractivity contribution in [2.75, 3.05) is 0 Å². The zero-order valence-electron chi connectivity index (χ0n) is 6.03. The van der Waals surface area contributed by atoms with Gasteiger partial charge in [0.2, 0.25) is 0 Å². The summed E-state index contributed by atoms with van der Waals surface area (Å²) in [5.41, 5.74) is -0.574. The summed E-state index contributed by atoms with van der Waals surface area (Å²) in [5, 5.41) is 0. The van der Waals surface area contributed by atoms with E-state index in [0.717, 1.165) is 34.6 Å². The summed E-state index contributed by atoms with van der Waals surface area (Å²) in [6.07, 6.45) is -4.20. The SMILES string of the molecule is FC(F)(F)c1cc[c]([Zn+])cc1.[Cl-]. The molecule has 0 heterocycles. The van der Waals surface area contributed by atoms with E-state index in [-0.39, 0.29) is 12.4 Å². The Morgan fingerprint density at radius 1 is 1.00 bits per heavy atom. The largest absolute Gasteiger partial charge is 1.00 e. The molecule has 0 spiro atoms. The predicted molar refractivity (Wildman–Crippen MR) is 31.1 cm³/mol. The summed E-state index contributed by atoms with van der Waals surface area (Å²) in [6, 6.07) is 5.23. The maximum absolute atomic E-state index is 11.9. The summed E-state index contributed by atoms with van der Waals surface area (Å²) in [4.78, 5) is 0. The van der Waals surface area contributed by atoms with Crippen LogP contribution in [0.3, 0.4) is 0 Å². The number of rotatable bonds is 0. The molecule has 5 heteroatoms. The van der Waals surface area contributed by atoms with Crippen molar-refractivity contribution in [3.63, 3.8) is 0 Å². The smallest absolute Gasteiger partial charge is 1.00 e. The van der Waals surface area contributed by atoms with E-state index in [1.54, 1.807) is 0 Å². The Kier molecular flexibility index (Phi) is 4.22. The molecule has 1 rings (SSSR count). The fraction of sp³-hybridized carbons (Fsp3) is 0.143. The zero-order valence-corrected chi connectivity index (χ0v) is 9.75. The topological polar surface area (TPSA) is 0 Å². The minimum absolute atomic E-state index is 0. The Balaban J connectivity index is 0.00000121. The van der Waals surface area contributed by atoms with Crippen molar-refractivity contribution in [1.82, 2.24) is 0 Å². The predicted octanol–water partition coefficient (Wildman–Crippen LogP) is -1.12. The van der Waals surface area contributed by atoms with Crippen LogP contribution in [0.25, 0.3) is 0 Å². The third-order valence-electron chi connectivity index (χ3n) is 1.28. The third-order valence-corrected chi connectivity index (χ3v) is 2.27. The second-order valence-corrected chi connectivity index (χ2v) is 3.91. The van der Waals surface area contributed by atoms with Crippen LogP contribution in [0.4, 0.5) is 13.2 Å². The van der Waals surface area contributed by atoms with Crippen LogP contribution >= 0.6 is 0 Å². The van der Waals surface area contributed by atoms with E-state index in [0.29, 0.717) is 0 Å². The monoisotopic (exact) mass is 244 g/mol. The summed E-state index contributed by atoms with van der Waals surface area (Å²) >= 11 is 0.887. The molecule has 0 saturated heterocycles. The van der Waals surface area contributed by atoms with Crippen LogP contribution in [-0.2, 0) is 24.5 Å². The Bertz CT molecular complexity index is 242. The van der Waals surface area contributed by atoms with Crippen molar-refractivity contribution < 1.29 is 43.9 Å². The van der Waals surface area contributed by atoms with E-state index in [2.05, 4.69) is 0 Å². The first-order valence-corrected chi connectivity index (χ1v) is 4.48. The maximum atomic E-state index is 11.9. The van der Waals surface area contributed by atoms with E-state index in [9.17, 15) is 13.2 Å². The fourth-order valence-corrected chi connectivity index (χ4v) is 1.19. The maximum Gasteiger partial charge on any atom is -1.00 e. The van der Waals surface area contributed by atoms with Crippen molar-refractivity contribution in [2.45, 2.75) is 6.18 Å². The van der Waals surface area contributed by atoms with Crippen LogP contribution < -0.4 is 16.6 Å². The van der Waals surface area contributed by atoms with Gasteiger partial charge in [-0.15, -0.1) is 0 Å². The second-order valence-electron chi connectivity index (χ2n) is 2.19. The van der Waals surface area contributed by atoms with Gasteiger partial charge in [0.25, 0.3) is 0 Å². The summed E-state index contributed by atoms with van der Waals surface area (Å²) in [5.74, 6) is 0. The van der Waals surface area contributed by atoms with Gasteiger partial charge in [0.1, 0.15) is 0 Å². The van der Waals surface area contributed by atoms with Crippen LogP contribution in [0.1, 0.15) is 5.56 Å². The quantitative estimate of drug-likeness (QED) is 0.509. The third kappa shape index (κ3) is 3.12. The van der Waals surface area contributed by atoms with Gasteiger partial charge < -0.3 is 12.4 Å². The van der Waals surface area contributed by atoms with E-state index in [1.807, 2.05) is 0 Å². The molecule has 0 aliphatic carbocycles. The number of hydrogen-bond donors (Lipinski definition) is 0. The normalized spacial score (nSPS) is 10.8. The van der Waals surface area contributed by atoms with Crippen molar-refractivity contribution in [3.8, 4) is 0 Å².